The van der Waals surface area contributed by atoms with Crippen LogP contribution in [-0.4, -0.2) is 59.5 Å². The second-order valence-corrected chi connectivity index (χ2v) is 7.22. The molecule has 132 valence electrons. The second-order valence-electron chi connectivity index (χ2n) is 7.22. The SMILES string of the molecule is CCC1CNCCN1C(C(=O)N1CCCC(C)C1)c1cccnc1. The Hall–Kier alpha value is -1.46. The molecule has 1 aromatic rings. The number of amides is 1. The molecule has 0 aromatic carbocycles. The molecule has 2 aliphatic rings. The molecular weight excluding hydrogens is 300 g/mol. The molecule has 0 saturated carbocycles. The minimum Gasteiger partial charge on any atom is -0.341 e. The molecule has 2 aliphatic heterocycles. The standard InChI is InChI=1S/C19H30N4O/c1-3-17-13-21-9-11-23(17)18(16-7-4-8-20-12-16)19(24)22-10-5-6-15(2)14-22/h4,7-8,12,15,17-18,21H,3,5-6,9-11,13-14H2,1-2H3. The number of nitrogens with zero attached hydrogens (tertiary/aromatic N) is 3. The molecule has 5 heteroatoms. The van der Waals surface area contributed by atoms with Crippen LogP contribution in [0.25, 0.3) is 0 Å². The lowest BCUT2D eigenvalue weighted by atomic mass is 9.96. The Labute approximate surface area is 145 Å². The summed E-state index contributed by atoms with van der Waals surface area (Å²) in [6, 6.07) is 4.20. The van der Waals surface area contributed by atoms with Gasteiger partial charge in [0.05, 0.1) is 0 Å². The van der Waals surface area contributed by atoms with Gasteiger partial charge in [-0.15, -0.1) is 0 Å². The molecule has 1 amide bonds. The normalized spacial score (nSPS) is 27.0. The van der Waals surface area contributed by atoms with Gasteiger partial charge in [-0.1, -0.05) is 19.9 Å². The quantitative estimate of drug-likeness (QED) is 0.918. The molecule has 3 rings (SSSR count). The summed E-state index contributed by atoms with van der Waals surface area (Å²) < 4.78 is 0. The fraction of sp³-hybridized carbons (Fsp3) is 0.684. The van der Waals surface area contributed by atoms with E-state index >= 15 is 0 Å². The maximum atomic E-state index is 13.4. The largest absolute Gasteiger partial charge is 0.341 e. The zero-order valence-corrected chi connectivity index (χ0v) is 14.9. The van der Waals surface area contributed by atoms with Crippen LogP contribution in [0.3, 0.4) is 0 Å². The number of hydrogen-bond acceptors (Lipinski definition) is 4. The molecule has 0 bridgehead atoms. The Morgan fingerprint density at radius 1 is 1.46 bits per heavy atom. The summed E-state index contributed by atoms with van der Waals surface area (Å²) in [6.45, 7) is 9.04. The first-order valence-corrected chi connectivity index (χ1v) is 9.36. The number of piperazine rings is 1. The smallest absolute Gasteiger partial charge is 0.244 e. The van der Waals surface area contributed by atoms with Crippen molar-refractivity contribution in [1.29, 1.82) is 0 Å². The van der Waals surface area contributed by atoms with Gasteiger partial charge in [-0.3, -0.25) is 14.7 Å². The van der Waals surface area contributed by atoms with Gasteiger partial charge in [0.1, 0.15) is 6.04 Å². The Morgan fingerprint density at radius 3 is 3.04 bits per heavy atom. The van der Waals surface area contributed by atoms with Crippen LogP contribution < -0.4 is 5.32 Å². The fourth-order valence-electron chi connectivity index (χ4n) is 4.07. The maximum Gasteiger partial charge on any atom is 0.244 e. The second kappa shape index (κ2) is 8.08. The molecule has 24 heavy (non-hydrogen) atoms. The topological polar surface area (TPSA) is 48.5 Å². The van der Waals surface area contributed by atoms with Crippen LogP contribution in [0.1, 0.15) is 44.7 Å². The summed E-state index contributed by atoms with van der Waals surface area (Å²) >= 11 is 0. The molecule has 0 radical (unpaired) electrons. The molecule has 3 atom stereocenters. The maximum absolute atomic E-state index is 13.4. The molecule has 3 unspecified atom stereocenters. The average molecular weight is 330 g/mol. The highest BCUT2D eigenvalue weighted by atomic mass is 16.2. The molecule has 1 aromatic heterocycles. The van der Waals surface area contributed by atoms with Gasteiger partial charge in [-0.25, -0.2) is 0 Å². The summed E-state index contributed by atoms with van der Waals surface area (Å²) in [4.78, 5) is 22.2. The lowest BCUT2D eigenvalue weighted by Crippen LogP contribution is -2.56. The molecule has 3 heterocycles. The number of carbonyl (C=O) groups excluding carboxylic acids is 1. The summed E-state index contributed by atoms with van der Waals surface area (Å²) in [5, 5.41) is 3.47. The number of pyridine rings is 1. The summed E-state index contributed by atoms with van der Waals surface area (Å²) in [7, 11) is 0. The van der Waals surface area contributed by atoms with E-state index in [1.54, 1.807) is 6.20 Å². The van der Waals surface area contributed by atoms with Crippen molar-refractivity contribution in [2.45, 2.75) is 45.2 Å². The van der Waals surface area contributed by atoms with Crippen LogP contribution in [0, 0.1) is 5.92 Å². The van der Waals surface area contributed by atoms with E-state index in [0.29, 0.717) is 12.0 Å². The minimum absolute atomic E-state index is 0.198. The van der Waals surface area contributed by atoms with E-state index in [1.165, 1.54) is 6.42 Å². The van der Waals surface area contributed by atoms with Gasteiger partial charge in [0.2, 0.25) is 5.91 Å². The lowest BCUT2D eigenvalue weighted by Gasteiger charge is -2.43. The minimum atomic E-state index is -0.198. The first-order chi connectivity index (χ1) is 11.7. The van der Waals surface area contributed by atoms with Crippen molar-refractivity contribution in [3.05, 3.63) is 30.1 Å². The summed E-state index contributed by atoms with van der Waals surface area (Å²) in [6.07, 6.45) is 7.04. The van der Waals surface area contributed by atoms with Crippen LogP contribution in [-0.2, 0) is 4.79 Å². The fourth-order valence-corrected chi connectivity index (χ4v) is 4.07. The predicted molar refractivity (Wildman–Crippen MR) is 95.6 cm³/mol. The van der Waals surface area contributed by atoms with E-state index in [4.69, 9.17) is 0 Å². The Morgan fingerprint density at radius 2 is 2.33 bits per heavy atom. The molecule has 2 saturated heterocycles. The highest BCUT2D eigenvalue weighted by Crippen LogP contribution is 2.28. The number of rotatable bonds is 4. The van der Waals surface area contributed by atoms with Crippen molar-refractivity contribution >= 4 is 5.91 Å². The van der Waals surface area contributed by atoms with E-state index in [-0.39, 0.29) is 11.9 Å². The first kappa shape index (κ1) is 17.4. The van der Waals surface area contributed by atoms with Gasteiger partial charge >= 0.3 is 0 Å². The number of aromatic nitrogens is 1. The number of piperidine rings is 1. The van der Waals surface area contributed by atoms with Crippen molar-refractivity contribution in [1.82, 2.24) is 20.1 Å². The van der Waals surface area contributed by atoms with Crippen LogP contribution >= 0.6 is 0 Å². The highest BCUT2D eigenvalue weighted by Gasteiger charge is 2.37. The van der Waals surface area contributed by atoms with E-state index in [9.17, 15) is 4.79 Å². The third-order valence-electron chi connectivity index (χ3n) is 5.40. The Bertz CT molecular complexity index is 535. The summed E-state index contributed by atoms with van der Waals surface area (Å²) in [5.41, 5.74) is 1.03. The van der Waals surface area contributed by atoms with Crippen molar-refractivity contribution in [2.24, 2.45) is 5.92 Å². The monoisotopic (exact) mass is 330 g/mol. The Balaban J connectivity index is 1.88. The number of hydrogen-bond donors (Lipinski definition) is 1. The third kappa shape index (κ3) is 3.78. The molecule has 1 N–H and O–H groups in total. The molecule has 0 spiro atoms. The third-order valence-corrected chi connectivity index (χ3v) is 5.40. The molecule has 0 aliphatic carbocycles. The van der Waals surface area contributed by atoms with Gasteiger partial charge < -0.3 is 10.2 Å². The van der Waals surface area contributed by atoms with Gasteiger partial charge in [-0.2, -0.15) is 0 Å². The average Bonchev–Trinajstić information content (AvgIpc) is 2.63. The first-order valence-electron chi connectivity index (χ1n) is 9.36. The van der Waals surface area contributed by atoms with Gasteiger partial charge in [-0.05, 0) is 36.8 Å². The van der Waals surface area contributed by atoms with Crippen molar-refractivity contribution in [2.75, 3.05) is 32.7 Å². The number of carbonyl (C=O) groups is 1. The lowest BCUT2D eigenvalue weighted by molar-refractivity contribution is -0.140. The van der Waals surface area contributed by atoms with Crippen LogP contribution in [0.15, 0.2) is 24.5 Å². The van der Waals surface area contributed by atoms with Crippen molar-refractivity contribution in [3.8, 4) is 0 Å². The van der Waals surface area contributed by atoms with E-state index in [0.717, 1.165) is 51.1 Å². The van der Waals surface area contributed by atoms with E-state index < -0.39 is 0 Å². The van der Waals surface area contributed by atoms with Crippen LogP contribution in [0.4, 0.5) is 0 Å². The highest BCUT2D eigenvalue weighted by molar-refractivity contribution is 5.83. The zero-order chi connectivity index (χ0) is 16.9. The molecule has 5 nitrogen and oxygen atoms in total. The molecular formula is C19H30N4O. The van der Waals surface area contributed by atoms with Crippen molar-refractivity contribution < 1.29 is 4.79 Å². The molecule has 2 fully saturated rings. The van der Waals surface area contributed by atoms with Gasteiger partial charge in [0, 0.05) is 51.2 Å². The zero-order valence-electron chi connectivity index (χ0n) is 14.9. The summed E-state index contributed by atoms with van der Waals surface area (Å²) in [5.74, 6) is 0.858. The van der Waals surface area contributed by atoms with Gasteiger partial charge in [0.25, 0.3) is 0 Å². The van der Waals surface area contributed by atoms with E-state index in [2.05, 4.69) is 40.0 Å². The number of likely N-dealkylation sites (tertiary alicyclic amines) is 1. The van der Waals surface area contributed by atoms with Crippen molar-refractivity contribution in [3.63, 3.8) is 0 Å². The van der Waals surface area contributed by atoms with E-state index in [1.807, 2.05) is 12.3 Å². The van der Waals surface area contributed by atoms with Crippen LogP contribution in [0.5, 0.6) is 0 Å². The number of nitrogens with one attached hydrogen (secondary N) is 1. The predicted octanol–water partition coefficient (Wildman–Crippen LogP) is 2.06. The van der Waals surface area contributed by atoms with Crippen LogP contribution in [0.2, 0.25) is 0 Å². The van der Waals surface area contributed by atoms with Gasteiger partial charge in [0.15, 0.2) is 0 Å². The Kier molecular flexibility index (Phi) is 5.85.